The van der Waals surface area contributed by atoms with Gasteiger partial charge in [-0.25, -0.2) is 13.8 Å². The Kier molecular flexibility index (Phi) is 5.38. The number of hydrogen-bond donors (Lipinski definition) is 3. The van der Waals surface area contributed by atoms with E-state index in [0.29, 0.717) is 36.0 Å². The van der Waals surface area contributed by atoms with Crippen molar-refractivity contribution in [3.05, 3.63) is 35.3 Å². The summed E-state index contributed by atoms with van der Waals surface area (Å²) in [6, 6.07) is 1.04. The largest absolute Gasteiger partial charge is 0.487 e. The van der Waals surface area contributed by atoms with E-state index in [9.17, 15) is 23.1 Å². The van der Waals surface area contributed by atoms with Gasteiger partial charge >= 0.3 is 0 Å². The summed E-state index contributed by atoms with van der Waals surface area (Å²) in [7, 11) is 1.68. The molecule has 2 heterocycles. The fraction of sp³-hybridized carbons (Fsp3) is 0.450. The van der Waals surface area contributed by atoms with Crippen LogP contribution in [0.1, 0.15) is 25.5 Å². The monoisotopic (exact) mass is 437 g/mol. The van der Waals surface area contributed by atoms with Crippen molar-refractivity contribution in [2.75, 3.05) is 22.6 Å². The third-order valence-electron chi connectivity index (χ3n) is 5.52. The third-order valence-corrected chi connectivity index (χ3v) is 5.52. The molecule has 166 valence electrons. The van der Waals surface area contributed by atoms with Gasteiger partial charge in [0.15, 0.2) is 23.2 Å². The summed E-state index contributed by atoms with van der Waals surface area (Å²) in [5, 5.41) is 15.8. The highest BCUT2D eigenvalue weighted by Crippen LogP contribution is 2.35. The van der Waals surface area contributed by atoms with Gasteiger partial charge in [-0.2, -0.15) is 9.37 Å². The molecule has 4 rings (SSSR count). The molecule has 0 unspecified atom stereocenters. The molecule has 31 heavy (non-hydrogen) atoms. The summed E-state index contributed by atoms with van der Waals surface area (Å²) in [5.74, 6) is -4.01. The first kappa shape index (κ1) is 21.2. The van der Waals surface area contributed by atoms with Crippen molar-refractivity contribution < 1.29 is 27.8 Å². The van der Waals surface area contributed by atoms with Crippen LogP contribution < -0.4 is 20.3 Å². The number of hydrogen-bond acceptors (Lipinski definition) is 7. The number of carbonyl (C=O) groups is 1. The maximum absolute atomic E-state index is 13.8. The summed E-state index contributed by atoms with van der Waals surface area (Å²) in [6.45, 7) is 3.27. The van der Waals surface area contributed by atoms with E-state index in [2.05, 4.69) is 20.6 Å². The molecule has 0 bridgehead atoms. The predicted molar refractivity (Wildman–Crippen MR) is 107 cm³/mol. The number of nitrogens with one attached hydrogen (secondary N) is 2. The molecule has 2 aliphatic rings. The van der Waals surface area contributed by atoms with E-state index in [1.807, 2.05) is 0 Å². The van der Waals surface area contributed by atoms with Crippen molar-refractivity contribution in [3.8, 4) is 5.75 Å². The molecule has 0 spiro atoms. The maximum Gasteiger partial charge on any atom is 0.249 e. The lowest BCUT2D eigenvalue weighted by Gasteiger charge is -2.38. The topological polar surface area (TPSA) is 99.6 Å². The van der Waals surface area contributed by atoms with Crippen LogP contribution in [0.15, 0.2) is 12.1 Å². The highest BCUT2D eigenvalue weighted by molar-refractivity contribution is 6.03. The lowest BCUT2D eigenvalue weighted by Crippen LogP contribution is -2.52. The first-order valence-corrected chi connectivity index (χ1v) is 9.82. The van der Waals surface area contributed by atoms with E-state index >= 15 is 0 Å². The number of anilines is 3. The van der Waals surface area contributed by atoms with E-state index in [-0.39, 0.29) is 23.8 Å². The van der Waals surface area contributed by atoms with Crippen LogP contribution in [-0.2, 0) is 4.79 Å². The minimum Gasteiger partial charge on any atom is -0.487 e. The number of fused-ring (bicyclic) bond motifs is 1. The molecule has 1 aliphatic heterocycles. The van der Waals surface area contributed by atoms with Crippen molar-refractivity contribution in [2.24, 2.45) is 0 Å². The van der Waals surface area contributed by atoms with Crippen molar-refractivity contribution >= 4 is 23.4 Å². The van der Waals surface area contributed by atoms with E-state index in [1.54, 1.807) is 18.9 Å². The fourth-order valence-corrected chi connectivity index (χ4v) is 3.81. The number of ether oxygens (including phenoxy) is 1. The van der Waals surface area contributed by atoms with Gasteiger partial charge in [-0.3, -0.25) is 4.79 Å². The molecule has 1 saturated carbocycles. The smallest absolute Gasteiger partial charge is 0.249 e. The van der Waals surface area contributed by atoms with E-state index in [4.69, 9.17) is 4.74 Å². The lowest BCUT2D eigenvalue weighted by atomic mass is 9.89. The maximum atomic E-state index is 13.8. The summed E-state index contributed by atoms with van der Waals surface area (Å²) >= 11 is 0. The van der Waals surface area contributed by atoms with Gasteiger partial charge in [0.05, 0.1) is 11.8 Å². The van der Waals surface area contributed by atoms with Gasteiger partial charge in [0, 0.05) is 25.9 Å². The number of rotatable bonds is 5. The Morgan fingerprint density at radius 1 is 1.26 bits per heavy atom. The summed E-state index contributed by atoms with van der Waals surface area (Å²) in [4.78, 5) is 22.7. The molecule has 0 radical (unpaired) electrons. The summed E-state index contributed by atoms with van der Waals surface area (Å²) in [6.07, 6.45) is -0.287. The van der Waals surface area contributed by atoms with Crippen LogP contribution in [0.4, 0.5) is 30.6 Å². The Morgan fingerprint density at radius 3 is 2.65 bits per heavy atom. The molecule has 0 saturated heterocycles. The number of aromatic nitrogens is 2. The molecular weight excluding hydrogens is 415 g/mol. The quantitative estimate of drug-likeness (QED) is 0.618. The van der Waals surface area contributed by atoms with Crippen LogP contribution in [0.2, 0.25) is 0 Å². The van der Waals surface area contributed by atoms with Gasteiger partial charge in [0.1, 0.15) is 17.8 Å². The molecule has 1 aromatic heterocycles. The summed E-state index contributed by atoms with van der Waals surface area (Å²) < 4.78 is 45.5. The fourth-order valence-electron chi connectivity index (χ4n) is 3.81. The zero-order valence-electron chi connectivity index (χ0n) is 17.1. The molecule has 3 N–H and O–H groups in total. The Bertz CT molecular complexity index is 1030. The number of halogens is 3. The Labute approximate surface area is 176 Å². The second-order valence-electron chi connectivity index (χ2n) is 7.84. The first-order valence-electron chi connectivity index (χ1n) is 9.82. The van der Waals surface area contributed by atoms with Crippen molar-refractivity contribution in [2.45, 2.75) is 51.0 Å². The average Bonchev–Trinajstić information content (AvgIpc) is 2.67. The second-order valence-corrected chi connectivity index (χ2v) is 7.84. The van der Waals surface area contributed by atoms with Gasteiger partial charge in [0.2, 0.25) is 17.7 Å². The van der Waals surface area contributed by atoms with Crippen molar-refractivity contribution in [1.82, 2.24) is 9.97 Å². The van der Waals surface area contributed by atoms with E-state index in [1.165, 1.54) is 6.92 Å². The van der Waals surface area contributed by atoms with Crippen molar-refractivity contribution in [1.29, 1.82) is 0 Å². The zero-order valence-corrected chi connectivity index (χ0v) is 17.1. The number of aryl methyl sites for hydroxylation is 1. The van der Waals surface area contributed by atoms with Crippen molar-refractivity contribution in [3.63, 3.8) is 0 Å². The SMILES string of the molecule is Cc1nc(N[C@H]2C[C@H](Oc3ccc(F)c(F)c3F)C2)nc2c1NC(=O)[C@H]([C@H](C)O)N2C. The zero-order chi connectivity index (χ0) is 22.4. The number of aliphatic hydroxyl groups is 1. The van der Waals surface area contributed by atoms with Gasteiger partial charge < -0.3 is 25.4 Å². The number of amides is 1. The minimum absolute atomic E-state index is 0.0631. The average molecular weight is 437 g/mol. The lowest BCUT2D eigenvalue weighted by molar-refractivity contribution is -0.119. The number of carbonyl (C=O) groups excluding carboxylic acids is 1. The highest BCUT2D eigenvalue weighted by atomic mass is 19.2. The molecule has 8 nitrogen and oxygen atoms in total. The Morgan fingerprint density at radius 2 is 1.97 bits per heavy atom. The third kappa shape index (κ3) is 3.85. The van der Waals surface area contributed by atoms with Crippen LogP contribution in [-0.4, -0.2) is 52.3 Å². The number of nitrogens with zero attached hydrogens (tertiary/aromatic N) is 3. The number of likely N-dealkylation sites (N-methyl/N-ethyl adjacent to an activating group) is 1. The highest BCUT2D eigenvalue weighted by Gasteiger charge is 2.37. The standard InChI is InChI=1S/C20H22F3N5O3/c1-8-16-18(28(3)17(9(2)29)19(30)26-16)27-20(24-8)25-10-6-11(7-10)31-13-5-4-12(21)14(22)15(13)23/h4-5,9-11,17,29H,6-7H2,1-3H3,(H,26,30)(H,24,25,27)/t9-,10-,11-,17-/m0/s1. The molecule has 1 amide bonds. The Hall–Kier alpha value is -3.08. The minimum atomic E-state index is -1.56. The predicted octanol–water partition coefficient (Wildman–Crippen LogP) is 2.36. The van der Waals surface area contributed by atoms with Gasteiger partial charge in [-0.15, -0.1) is 0 Å². The normalized spacial score (nSPS) is 23.5. The van der Waals surface area contributed by atoms with Crippen LogP contribution in [0.5, 0.6) is 5.75 Å². The van der Waals surface area contributed by atoms with E-state index < -0.39 is 29.6 Å². The molecule has 1 aliphatic carbocycles. The van der Waals surface area contributed by atoms with Crippen LogP contribution in [0, 0.1) is 24.4 Å². The molecule has 11 heteroatoms. The molecular formula is C20H22F3N5O3. The Balaban J connectivity index is 1.42. The molecule has 2 atom stereocenters. The van der Waals surface area contributed by atoms with Gasteiger partial charge in [-0.1, -0.05) is 0 Å². The molecule has 1 aromatic carbocycles. The number of aliphatic hydroxyl groups excluding tert-OH is 1. The second kappa shape index (κ2) is 7.88. The van der Waals surface area contributed by atoms with Gasteiger partial charge in [0.25, 0.3) is 0 Å². The van der Waals surface area contributed by atoms with E-state index in [0.717, 1.165) is 12.1 Å². The summed E-state index contributed by atoms with van der Waals surface area (Å²) in [5.41, 5.74) is 1.05. The van der Waals surface area contributed by atoms with Crippen LogP contribution in [0.25, 0.3) is 0 Å². The van der Waals surface area contributed by atoms with Crippen LogP contribution >= 0.6 is 0 Å². The van der Waals surface area contributed by atoms with Gasteiger partial charge in [-0.05, 0) is 26.0 Å². The number of benzene rings is 1. The molecule has 1 fully saturated rings. The first-order chi connectivity index (χ1) is 14.7. The molecule has 2 aromatic rings. The van der Waals surface area contributed by atoms with Crippen LogP contribution in [0.3, 0.4) is 0 Å².